The molecule has 1 amide bonds. The molecule has 1 aromatic carbocycles. The van der Waals surface area contributed by atoms with Crippen LogP contribution in [0.25, 0.3) is 0 Å². The van der Waals surface area contributed by atoms with Crippen LogP contribution in [-0.4, -0.2) is 32.1 Å². The van der Waals surface area contributed by atoms with Gasteiger partial charge in [0.25, 0.3) is 5.91 Å². The second-order valence-electron chi connectivity index (χ2n) is 5.32. The predicted octanol–water partition coefficient (Wildman–Crippen LogP) is 1.61. The van der Waals surface area contributed by atoms with Crippen molar-refractivity contribution < 1.29 is 4.79 Å². The third-order valence-corrected chi connectivity index (χ3v) is 2.85. The van der Waals surface area contributed by atoms with E-state index in [4.69, 9.17) is 5.73 Å². The van der Waals surface area contributed by atoms with Gasteiger partial charge in [-0.2, -0.15) is 0 Å². The monoisotopic (exact) mass is 249 g/mol. The lowest BCUT2D eigenvalue weighted by Crippen LogP contribution is -2.44. The van der Waals surface area contributed by atoms with E-state index < -0.39 is 0 Å². The van der Waals surface area contributed by atoms with Gasteiger partial charge in [0.2, 0.25) is 0 Å². The lowest BCUT2D eigenvalue weighted by atomic mass is 10.00. The summed E-state index contributed by atoms with van der Waals surface area (Å²) in [6.07, 6.45) is 0.756. The predicted molar refractivity (Wildman–Crippen MR) is 76.0 cm³/mol. The Morgan fingerprint density at radius 3 is 2.61 bits per heavy atom. The molecule has 0 bridgehead atoms. The molecule has 4 nitrogen and oxygen atoms in total. The van der Waals surface area contributed by atoms with E-state index in [9.17, 15) is 4.79 Å². The van der Waals surface area contributed by atoms with Crippen molar-refractivity contribution in [3.8, 4) is 0 Å². The zero-order valence-electron chi connectivity index (χ0n) is 11.7. The molecule has 1 rings (SSSR count). The van der Waals surface area contributed by atoms with Gasteiger partial charge in [-0.05, 0) is 45.0 Å². The Kier molecular flexibility index (Phi) is 4.73. The van der Waals surface area contributed by atoms with Gasteiger partial charge < -0.3 is 16.0 Å². The summed E-state index contributed by atoms with van der Waals surface area (Å²) in [5.41, 5.74) is 6.94. The number of benzene rings is 1. The molecule has 4 heteroatoms. The number of anilines is 1. The highest BCUT2D eigenvalue weighted by Crippen LogP contribution is 2.15. The van der Waals surface area contributed by atoms with Gasteiger partial charge in [0.1, 0.15) is 0 Å². The van der Waals surface area contributed by atoms with E-state index in [0.29, 0.717) is 12.1 Å². The standard InChI is InChI=1S/C14H23N3O/c1-14(2,8-9-15)16-13(18)11-6-5-7-12(10-11)17(3)4/h5-7,10H,8-9,15H2,1-4H3,(H,16,18). The number of hydrogen-bond acceptors (Lipinski definition) is 3. The van der Waals surface area contributed by atoms with Gasteiger partial charge in [-0.3, -0.25) is 4.79 Å². The Hall–Kier alpha value is -1.55. The fourth-order valence-electron chi connectivity index (χ4n) is 1.73. The van der Waals surface area contributed by atoms with Crippen molar-refractivity contribution in [1.82, 2.24) is 5.32 Å². The number of nitrogens with two attached hydrogens (primary N) is 1. The lowest BCUT2D eigenvalue weighted by molar-refractivity contribution is 0.0910. The molecule has 0 aliphatic rings. The van der Waals surface area contributed by atoms with E-state index in [1.807, 2.05) is 57.1 Å². The number of rotatable bonds is 5. The first kappa shape index (κ1) is 14.5. The number of amides is 1. The molecule has 100 valence electrons. The minimum atomic E-state index is -0.278. The molecule has 1 aromatic rings. The summed E-state index contributed by atoms with van der Waals surface area (Å²) in [7, 11) is 3.91. The minimum Gasteiger partial charge on any atom is -0.378 e. The van der Waals surface area contributed by atoms with Crippen LogP contribution in [-0.2, 0) is 0 Å². The van der Waals surface area contributed by atoms with Crippen LogP contribution in [0.1, 0.15) is 30.6 Å². The van der Waals surface area contributed by atoms with E-state index in [2.05, 4.69) is 5.32 Å². The Balaban J connectivity index is 2.81. The summed E-state index contributed by atoms with van der Waals surface area (Å²) in [6.45, 7) is 4.52. The summed E-state index contributed by atoms with van der Waals surface area (Å²) >= 11 is 0. The summed E-state index contributed by atoms with van der Waals surface area (Å²) in [6, 6.07) is 7.57. The Morgan fingerprint density at radius 2 is 2.06 bits per heavy atom. The van der Waals surface area contributed by atoms with Crippen molar-refractivity contribution in [2.24, 2.45) is 5.73 Å². The Bertz CT molecular complexity index is 413. The maximum Gasteiger partial charge on any atom is 0.251 e. The summed E-state index contributed by atoms with van der Waals surface area (Å²) in [5, 5.41) is 3.00. The molecule has 0 aromatic heterocycles. The van der Waals surface area contributed by atoms with Crippen molar-refractivity contribution in [1.29, 1.82) is 0 Å². The van der Waals surface area contributed by atoms with E-state index >= 15 is 0 Å². The zero-order chi connectivity index (χ0) is 13.8. The van der Waals surface area contributed by atoms with Crippen molar-refractivity contribution in [2.45, 2.75) is 25.8 Å². The second-order valence-corrected chi connectivity index (χ2v) is 5.32. The molecular weight excluding hydrogens is 226 g/mol. The molecule has 3 N–H and O–H groups in total. The first-order valence-corrected chi connectivity index (χ1v) is 6.16. The molecule has 0 saturated heterocycles. The Morgan fingerprint density at radius 1 is 1.39 bits per heavy atom. The number of carbonyl (C=O) groups excluding carboxylic acids is 1. The van der Waals surface area contributed by atoms with Crippen molar-refractivity contribution >= 4 is 11.6 Å². The average Bonchev–Trinajstić information content (AvgIpc) is 2.28. The van der Waals surface area contributed by atoms with E-state index in [1.54, 1.807) is 0 Å². The zero-order valence-corrected chi connectivity index (χ0v) is 11.7. The van der Waals surface area contributed by atoms with E-state index in [-0.39, 0.29) is 11.4 Å². The molecule has 0 saturated carbocycles. The maximum atomic E-state index is 12.1. The van der Waals surface area contributed by atoms with Gasteiger partial charge in [-0.15, -0.1) is 0 Å². The van der Waals surface area contributed by atoms with Crippen LogP contribution < -0.4 is 16.0 Å². The largest absolute Gasteiger partial charge is 0.378 e. The van der Waals surface area contributed by atoms with Gasteiger partial charge in [0, 0.05) is 30.9 Å². The number of carbonyl (C=O) groups is 1. The average molecular weight is 249 g/mol. The highest BCUT2D eigenvalue weighted by molar-refractivity contribution is 5.95. The first-order valence-electron chi connectivity index (χ1n) is 6.16. The van der Waals surface area contributed by atoms with Gasteiger partial charge in [-0.25, -0.2) is 0 Å². The van der Waals surface area contributed by atoms with Crippen molar-refractivity contribution in [3.63, 3.8) is 0 Å². The maximum absolute atomic E-state index is 12.1. The van der Waals surface area contributed by atoms with Crippen LogP contribution in [0.5, 0.6) is 0 Å². The van der Waals surface area contributed by atoms with Gasteiger partial charge in [0.15, 0.2) is 0 Å². The number of nitrogens with zero attached hydrogens (tertiary/aromatic N) is 1. The summed E-state index contributed by atoms with van der Waals surface area (Å²) in [4.78, 5) is 14.1. The quantitative estimate of drug-likeness (QED) is 0.833. The Labute approximate surface area is 109 Å². The van der Waals surface area contributed by atoms with Gasteiger partial charge in [-0.1, -0.05) is 6.07 Å². The lowest BCUT2D eigenvalue weighted by Gasteiger charge is -2.26. The third kappa shape index (κ3) is 4.04. The van der Waals surface area contributed by atoms with Crippen LogP contribution in [0, 0.1) is 0 Å². The molecular formula is C14H23N3O. The van der Waals surface area contributed by atoms with Crippen molar-refractivity contribution in [3.05, 3.63) is 29.8 Å². The molecule has 0 atom stereocenters. The molecule has 0 spiro atoms. The molecule has 0 aliphatic heterocycles. The first-order chi connectivity index (χ1) is 8.35. The van der Waals surface area contributed by atoms with Gasteiger partial charge in [0.05, 0.1) is 0 Å². The SMILES string of the molecule is CN(C)c1cccc(C(=O)NC(C)(C)CCN)c1. The molecule has 18 heavy (non-hydrogen) atoms. The van der Waals surface area contributed by atoms with Crippen LogP contribution in [0.3, 0.4) is 0 Å². The fourth-order valence-corrected chi connectivity index (χ4v) is 1.73. The highest BCUT2D eigenvalue weighted by atomic mass is 16.1. The van der Waals surface area contributed by atoms with Crippen LogP contribution in [0.15, 0.2) is 24.3 Å². The molecule has 0 aliphatic carbocycles. The molecule has 0 radical (unpaired) electrons. The van der Waals surface area contributed by atoms with Crippen LogP contribution >= 0.6 is 0 Å². The van der Waals surface area contributed by atoms with Crippen molar-refractivity contribution in [2.75, 3.05) is 25.5 Å². The molecule has 0 unspecified atom stereocenters. The normalized spacial score (nSPS) is 11.2. The van der Waals surface area contributed by atoms with E-state index in [0.717, 1.165) is 12.1 Å². The minimum absolute atomic E-state index is 0.0582. The second kappa shape index (κ2) is 5.87. The van der Waals surface area contributed by atoms with Crippen LogP contribution in [0.4, 0.5) is 5.69 Å². The third-order valence-electron chi connectivity index (χ3n) is 2.85. The molecule has 0 heterocycles. The number of nitrogens with one attached hydrogen (secondary N) is 1. The fraction of sp³-hybridized carbons (Fsp3) is 0.500. The van der Waals surface area contributed by atoms with Gasteiger partial charge >= 0.3 is 0 Å². The summed E-state index contributed by atoms with van der Waals surface area (Å²) in [5.74, 6) is -0.0582. The van der Waals surface area contributed by atoms with E-state index in [1.165, 1.54) is 0 Å². The van der Waals surface area contributed by atoms with Crippen LogP contribution in [0.2, 0.25) is 0 Å². The highest BCUT2D eigenvalue weighted by Gasteiger charge is 2.20. The summed E-state index contributed by atoms with van der Waals surface area (Å²) < 4.78 is 0. The topological polar surface area (TPSA) is 58.4 Å². The number of hydrogen-bond donors (Lipinski definition) is 2. The smallest absolute Gasteiger partial charge is 0.251 e. The molecule has 0 fully saturated rings.